The number of rotatable bonds is 7. The maximum atomic E-state index is 12.3. The maximum absolute atomic E-state index is 12.3. The first kappa shape index (κ1) is 26.6. The van der Waals surface area contributed by atoms with Crippen LogP contribution in [0.2, 0.25) is 10.0 Å². The van der Waals surface area contributed by atoms with Gasteiger partial charge in [-0.1, -0.05) is 37.0 Å². The Hall–Kier alpha value is -2.00. The third kappa shape index (κ3) is 8.05. The van der Waals surface area contributed by atoms with Crippen LogP contribution in [0.3, 0.4) is 0 Å². The molecule has 3 rings (SSSR count). The predicted octanol–water partition coefficient (Wildman–Crippen LogP) is 5.29. The van der Waals surface area contributed by atoms with Gasteiger partial charge in [0.15, 0.2) is 5.11 Å². The van der Waals surface area contributed by atoms with Gasteiger partial charge in [-0.15, -0.1) is 11.8 Å². The molecule has 0 saturated carbocycles. The molecule has 1 heterocycles. The van der Waals surface area contributed by atoms with E-state index >= 15 is 0 Å². The predicted molar refractivity (Wildman–Crippen MR) is 146 cm³/mol. The summed E-state index contributed by atoms with van der Waals surface area (Å²) in [7, 11) is 0. The van der Waals surface area contributed by atoms with E-state index in [1.165, 1.54) is 11.8 Å². The van der Waals surface area contributed by atoms with Gasteiger partial charge in [0.05, 0.1) is 16.5 Å². The van der Waals surface area contributed by atoms with Gasteiger partial charge < -0.3 is 20.4 Å². The highest BCUT2D eigenvalue weighted by Gasteiger charge is 2.23. The summed E-state index contributed by atoms with van der Waals surface area (Å²) >= 11 is 19.1. The number of nitrogens with zero attached hydrogens (tertiary/aromatic N) is 2. The third-order valence-corrected chi connectivity index (χ3v) is 6.97. The zero-order valence-corrected chi connectivity index (χ0v) is 22.3. The molecule has 0 aromatic heterocycles. The van der Waals surface area contributed by atoms with Crippen LogP contribution in [0.4, 0.5) is 11.4 Å². The van der Waals surface area contributed by atoms with Crippen LogP contribution in [0.15, 0.2) is 47.4 Å². The molecule has 0 spiro atoms. The van der Waals surface area contributed by atoms with E-state index in [0.717, 1.165) is 23.7 Å². The molecule has 6 nitrogen and oxygen atoms in total. The Balaban J connectivity index is 1.47. The van der Waals surface area contributed by atoms with Gasteiger partial charge in [-0.05, 0) is 60.6 Å². The summed E-state index contributed by atoms with van der Waals surface area (Å²) in [6.45, 7) is 6.95. The van der Waals surface area contributed by atoms with Crippen molar-refractivity contribution in [3.05, 3.63) is 52.5 Å². The van der Waals surface area contributed by atoms with E-state index < -0.39 is 0 Å². The van der Waals surface area contributed by atoms with Gasteiger partial charge in [0, 0.05) is 48.2 Å². The van der Waals surface area contributed by atoms with E-state index in [-0.39, 0.29) is 22.7 Å². The lowest BCUT2D eigenvalue weighted by Crippen LogP contribution is -2.49. The second-order valence-corrected chi connectivity index (χ2v) is 10.7. The van der Waals surface area contributed by atoms with Crippen LogP contribution in [0, 0.1) is 5.92 Å². The van der Waals surface area contributed by atoms with Crippen LogP contribution in [-0.2, 0) is 9.59 Å². The van der Waals surface area contributed by atoms with Gasteiger partial charge in [-0.3, -0.25) is 9.59 Å². The molecule has 1 aliphatic rings. The monoisotopic (exact) mass is 538 g/mol. The van der Waals surface area contributed by atoms with E-state index in [4.69, 9.17) is 35.4 Å². The van der Waals surface area contributed by atoms with Crippen molar-refractivity contribution in [3.63, 3.8) is 0 Å². The highest BCUT2D eigenvalue weighted by molar-refractivity contribution is 8.00. The topological polar surface area (TPSA) is 64.7 Å². The third-order valence-electron chi connectivity index (χ3n) is 5.20. The SMILES string of the molecule is CC(C)CC(=O)N1CCN(c2ccc(NC(=S)NC(=O)CSc3ccc(Cl)cc3)cc2Cl)CC1. The van der Waals surface area contributed by atoms with Crippen molar-refractivity contribution in [3.8, 4) is 0 Å². The molecular formula is C24H28Cl2N4O2S2. The molecule has 10 heteroatoms. The average molecular weight is 540 g/mol. The molecule has 0 radical (unpaired) electrons. The lowest BCUT2D eigenvalue weighted by atomic mass is 10.1. The number of halogens is 2. The van der Waals surface area contributed by atoms with Gasteiger partial charge in [0.1, 0.15) is 0 Å². The summed E-state index contributed by atoms with van der Waals surface area (Å²) in [5.74, 6) is 0.597. The van der Waals surface area contributed by atoms with Gasteiger partial charge in [0.25, 0.3) is 0 Å². The molecule has 2 amide bonds. The molecule has 0 bridgehead atoms. The second kappa shape index (κ2) is 12.6. The van der Waals surface area contributed by atoms with Gasteiger partial charge in [-0.25, -0.2) is 0 Å². The average Bonchev–Trinajstić information content (AvgIpc) is 2.78. The molecule has 1 aliphatic heterocycles. The molecule has 1 fully saturated rings. The number of thioether (sulfide) groups is 1. The number of anilines is 2. The Morgan fingerprint density at radius 2 is 1.74 bits per heavy atom. The Morgan fingerprint density at radius 1 is 1.06 bits per heavy atom. The van der Waals surface area contributed by atoms with Crippen LogP contribution < -0.4 is 15.5 Å². The molecule has 2 aromatic rings. The normalized spacial score (nSPS) is 13.7. The van der Waals surface area contributed by atoms with Crippen LogP contribution in [0.25, 0.3) is 0 Å². The number of hydrogen-bond acceptors (Lipinski definition) is 5. The Morgan fingerprint density at radius 3 is 2.35 bits per heavy atom. The van der Waals surface area contributed by atoms with Crippen LogP contribution in [0.5, 0.6) is 0 Å². The van der Waals surface area contributed by atoms with Crippen molar-refractivity contribution in [2.45, 2.75) is 25.2 Å². The fourth-order valence-corrected chi connectivity index (χ4v) is 4.88. The van der Waals surface area contributed by atoms with E-state index in [2.05, 4.69) is 29.4 Å². The lowest BCUT2D eigenvalue weighted by molar-refractivity contribution is -0.132. The first-order valence-electron chi connectivity index (χ1n) is 11.0. The number of thiocarbonyl (C=S) groups is 1. The molecule has 1 saturated heterocycles. The quantitative estimate of drug-likeness (QED) is 0.368. The van der Waals surface area contributed by atoms with Gasteiger partial charge in [0.2, 0.25) is 11.8 Å². The fourth-order valence-electron chi connectivity index (χ4n) is 3.52. The highest BCUT2D eigenvalue weighted by atomic mass is 35.5. The summed E-state index contributed by atoms with van der Waals surface area (Å²) in [6, 6.07) is 12.9. The minimum Gasteiger partial charge on any atom is -0.367 e. The zero-order chi connectivity index (χ0) is 24.7. The number of carbonyl (C=O) groups excluding carboxylic acids is 2. The molecule has 2 aromatic carbocycles. The molecule has 34 heavy (non-hydrogen) atoms. The molecule has 2 N–H and O–H groups in total. The van der Waals surface area contributed by atoms with Crippen molar-refractivity contribution in [1.29, 1.82) is 0 Å². The summed E-state index contributed by atoms with van der Waals surface area (Å²) in [5.41, 5.74) is 1.60. The first-order valence-corrected chi connectivity index (χ1v) is 13.2. The van der Waals surface area contributed by atoms with Crippen LogP contribution in [-0.4, -0.2) is 53.8 Å². The van der Waals surface area contributed by atoms with Gasteiger partial charge >= 0.3 is 0 Å². The van der Waals surface area contributed by atoms with Crippen molar-refractivity contribution < 1.29 is 9.59 Å². The van der Waals surface area contributed by atoms with E-state index in [1.54, 1.807) is 18.2 Å². The summed E-state index contributed by atoms with van der Waals surface area (Å²) in [5, 5.41) is 7.14. The summed E-state index contributed by atoms with van der Waals surface area (Å²) in [4.78, 5) is 29.5. The van der Waals surface area contributed by atoms with E-state index in [9.17, 15) is 9.59 Å². The van der Waals surface area contributed by atoms with Gasteiger partial charge in [-0.2, -0.15) is 0 Å². The summed E-state index contributed by atoms with van der Waals surface area (Å²) in [6.07, 6.45) is 0.581. The standard InChI is InChI=1S/C24H28Cl2N4O2S2/c1-16(2)13-23(32)30-11-9-29(10-12-30)21-8-5-18(14-20(21)26)27-24(33)28-22(31)15-34-19-6-3-17(25)4-7-19/h3-8,14,16H,9-13,15H2,1-2H3,(H2,27,28,31,33). The number of carbonyl (C=O) groups is 2. The summed E-state index contributed by atoms with van der Waals surface area (Å²) < 4.78 is 0. The lowest BCUT2D eigenvalue weighted by Gasteiger charge is -2.37. The molecular weight excluding hydrogens is 511 g/mol. The Kier molecular flexibility index (Phi) is 9.88. The number of amides is 2. The smallest absolute Gasteiger partial charge is 0.236 e. The zero-order valence-electron chi connectivity index (χ0n) is 19.1. The minimum absolute atomic E-state index is 0.204. The van der Waals surface area contributed by atoms with Crippen molar-refractivity contribution in [2.75, 3.05) is 42.1 Å². The minimum atomic E-state index is -0.204. The number of hydrogen-bond donors (Lipinski definition) is 2. The molecule has 0 atom stereocenters. The molecule has 0 aliphatic carbocycles. The van der Waals surface area contributed by atoms with Crippen LogP contribution in [0.1, 0.15) is 20.3 Å². The molecule has 0 unspecified atom stereocenters. The number of piperazine rings is 1. The maximum Gasteiger partial charge on any atom is 0.236 e. The van der Waals surface area contributed by atoms with Crippen molar-refractivity contribution >= 4 is 75.5 Å². The Bertz CT molecular complexity index is 1030. The van der Waals surface area contributed by atoms with Crippen molar-refractivity contribution in [2.24, 2.45) is 5.92 Å². The number of benzene rings is 2. The Labute approximate surface area is 220 Å². The van der Waals surface area contributed by atoms with E-state index in [1.807, 2.05) is 29.2 Å². The number of nitrogens with one attached hydrogen (secondary N) is 2. The van der Waals surface area contributed by atoms with E-state index in [0.29, 0.717) is 41.2 Å². The second-order valence-electron chi connectivity index (χ2n) is 8.38. The first-order chi connectivity index (χ1) is 16.2. The van der Waals surface area contributed by atoms with Crippen molar-refractivity contribution in [1.82, 2.24) is 10.2 Å². The molecule has 182 valence electrons. The fraction of sp³-hybridized carbons (Fsp3) is 0.375. The largest absolute Gasteiger partial charge is 0.367 e. The highest BCUT2D eigenvalue weighted by Crippen LogP contribution is 2.30. The van der Waals surface area contributed by atoms with Crippen LogP contribution >= 0.6 is 47.2 Å².